The monoisotopic (exact) mass is 302 g/mol. The van der Waals surface area contributed by atoms with Crippen molar-refractivity contribution in [2.75, 3.05) is 0 Å². The minimum absolute atomic E-state index is 0.0567. The molecular weight excluding hydrogens is 287 g/mol. The van der Waals surface area contributed by atoms with Gasteiger partial charge in [-0.3, -0.25) is 4.79 Å². The second kappa shape index (κ2) is 6.26. The molecule has 0 saturated heterocycles. The molecule has 0 radical (unpaired) electrons. The van der Waals surface area contributed by atoms with Crippen LogP contribution in [0.25, 0.3) is 0 Å². The van der Waals surface area contributed by atoms with Gasteiger partial charge in [0.05, 0.1) is 10.0 Å². The number of rotatable bonds is 5. The third kappa shape index (κ3) is 3.13. The summed E-state index contributed by atoms with van der Waals surface area (Å²) in [5.74, 6) is -1.28. The molecule has 0 amide bonds. The fourth-order valence-corrected chi connectivity index (χ4v) is 2.17. The SMILES string of the molecule is CCC(CC)C(O)C(=O)c1cccc(Br)c1F. The third-order valence-corrected chi connectivity index (χ3v) is 3.59. The van der Waals surface area contributed by atoms with Gasteiger partial charge in [-0.2, -0.15) is 0 Å². The Hall–Kier alpha value is -0.740. The van der Waals surface area contributed by atoms with Crippen molar-refractivity contribution in [1.29, 1.82) is 0 Å². The molecule has 1 N–H and O–H groups in total. The summed E-state index contributed by atoms with van der Waals surface area (Å²) >= 11 is 3.03. The maximum Gasteiger partial charge on any atom is 0.194 e. The first kappa shape index (κ1) is 14.3. The van der Waals surface area contributed by atoms with Crippen LogP contribution in [0.5, 0.6) is 0 Å². The number of halogens is 2. The Labute approximate surface area is 109 Å². The summed E-state index contributed by atoms with van der Waals surface area (Å²) in [6, 6.07) is 4.50. The molecule has 2 nitrogen and oxygen atoms in total. The van der Waals surface area contributed by atoms with Crippen LogP contribution in [-0.2, 0) is 0 Å². The van der Waals surface area contributed by atoms with Crippen LogP contribution >= 0.6 is 15.9 Å². The maximum atomic E-state index is 13.7. The van der Waals surface area contributed by atoms with Crippen LogP contribution in [0, 0.1) is 11.7 Å². The van der Waals surface area contributed by atoms with Crippen LogP contribution in [0.1, 0.15) is 37.0 Å². The molecule has 0 aromatic heterocycles. The molecule has 1 atom stereocenters. The van der Waals surface area contributed by atoms with Gasteiger partial charge in [0.2, 0.25) is 0 Å². The lowest BCUT2D eigenvalue weighted by atomic mass is 9.91. The van der Waals surface area contributed by atoms with Gasteiger partial charge in [0.15, 0.2) is 5.78 Å². The standard InChI is InChI=1S/C13H16BrFO2/c1-3-8(4-2)12(16)13(17)9-6-5-7-10(14)11(9)15/h5-8,12,16H,3-4H2,1-2H3. The molecule has 4 heteroatoms. The maximum absolute atomic E-state index is 13.7. The number of benzene rings is 1. The van der Waals surface area contributed by atoms with Gasteiger partial charge in [0.25, 0.3) is 0 Å². The number of Topliss-reactive ketones (excluding diaryl/α,β-unsaturated/α-hetero) is 1. The van der Waals surface area contributed by atoms with Gasteiger partial charge in [-0.15, -0.1) is 0 Å². The average Bonchev–Trinajstić information content (AvgIpc) is 2.33. The fraction of sp³-hybridized carbons (Fsp3) is 0.462. The fourth-order valence-electron chi connectivity index (χ4n) is 1.80. The lowest BCUT2D eigenvalue weighted by Crippen LogP contribution is -2.29. The molecule has 0 heterocycles. The Morgan fingerprint density at radius 2 is 2.00 bits per heavy atom. The van der Waals surface area contributed by atoms with E-state index in [1.165, 1.54) is 12.1 Å². The van der Waals surface area contributed by atoms with Crippen LogP contribution in [0.4, 0.5) is 4.39 Å². The summed E-state index contributed by atoms with van der Waals surface area (Å²) in [4.78, 5) is 12.0. The number of carbonyl (C=O) groups is 1. The Morgan fingerprint density at radius 1 is 1.41 bits per heavy atom. The van der Waals surface area contributed by atoms with Gasteiger partial charge < -0.3 is 5.11 Å². The Balaban J connectivity index is 3.00. The molecule has 1 unspecified atom stereocenters. The number of hydrogen-bond donors (Lipinski definition) is 1. The Kier molecular flexibility index (Phi) is 5.28. The van der Waals surface area contributed by atoms with Crippen LogP contribution in [0.15, 0.2) is 22.7 Å². The van der Waals surface area contributed by atoms with Crippen molar-refractivity contribution in [2.24, 2.45) is 5.92 Å². The number of ketones is 1. The zero-order chi connectivity index (χ0) is 13.0. The molecule has 0 spiro atoms. The summed E-state index contributed by atoms with van der Waals surface area (Å²) in [6.45, 7) is 3.81. The van der Waals surface area contributed by atoms with Gasteiger partial charge in [0, 0.05) is 0 Å². The lowest BCUT2D eigenvalue weighted by molar-refractivity contribution is 0.0583. The Morgan fingerprint density at radius 3 is 2.53 bits per heavy atom. The average molecular weight is 303 g/mol. The molecule has 0 aliphatic heterocycles. The van der Waals surface area contributed by atoms with Crippen molar-refractivity contribution in [3.05, 3.63) is 34.1 Å². The van der Waals surface area contributed by atoms with Crippen molar-refractivity contribution in [1.82, 2.24) is 0 Å². The third-order valence-electron chi connectivity index (χ3n) is 2.98. The highest BCUT2D eigenvalue weighted by atomic mass is 79.9. The summed E-state index contributed by atoms with van der Waals surface area (Å²) in [7, 11) is 0. The van der Waals surface area contributed by atoms with Crippen molar-refractivity contribution in [3.8, 4) is 0 Å². The molecular formula is C13H16BrFO2. The van der Waals surface area contributed by atoms with Crippen LogP contribution < -0.4 is 0 Å². The molecule has 94 valence electrons. The van der Waals surface area contributed by atoms with Crippen molar-refractivity contribution >= 4 is 21.7 Å². The summed E-state index contributed by atoms with van der Waals surface area (Å²) in [5, 5.41) is 9.91. The normalized spacial score (nSPS) is 12.8. The predicted molar refractivity (Wildman–Crippen MR) is 68.5 cm³/mol. The van der Waals surface area contributed by atoms with E-state index in [4.69, 9.17) is 0 Å². The number of carbonyl (C=O) groups excluding carboxylic acids is 1. The molecule has 0 aliphatic carbocycles. The van der Waals surface area contributed by atoms with Crippen molar-refractivity contribution in [2.45, 2.75) is 32.8 Å². The molecule has 1 aromatic carbocycles. The van der Waals surface area contributed by atoms with Gasteiger partial charge in [-0.25, -0.2) is 4.39 Å². The number of aliphatic hydroxyl groups is 1. The van der Waals surface area contributed by atoms with Crippen LogP contribution in [-0.4, -0.2) is 17.0 Å². The van der Waals surface area contributed by atoms with E-state index in [1.807, 2.05) is 13.8 Å². The van der Waals surface area contributed by atoms with E-state index in [0.29, 0.717) is 12.8 Å². The highest BCUT2D eigenvalue weighted by molar-refractivity contribution is 9.10. The minimum atomic E-state index is -1.13. The smallest absolute Gasteiger partial charge is 0.194 e. The quantitative estimate of drug-likeness (QED) is 0.844. The minimum Gasteiger partial charge on any atom is -0.385 e. The lowest BCUT2D eigenvalue weighted by Gasteiger charge is -2.19. The van der Waals surface area contributed by atoms with Gasteiger partial charge in [-0.05, 0) is 34.0 Å². The summed E-state index contributed by atoms with van der Waals surface area (Å²) in [6.07, 6.45) is 0.256. The number of hydrogen-bond acceptors (Lipinski definition) is 2. The van der Waals surface area contributed by atoms with E-state index in [0.717, 1.165) is 0 Å². The van der Waals surface area contributed by atoms with E-state index in [2.05, 4.69) is 15.9 Å². The van der Waals surface area contributed by atoms with Gasteiger partial charge in [0.1, 0.15) is 11.9 Å². The Bertz CT molecular complexity index is 402. The van der Waals surface area contributed by atoms with Gasteiger partial charge in [-0.1, -0.05) is 32.8 Å². The van der Waals surface area contributed by atoms with E-state index >= 15 is 0 Å². The topological polar surface area (TPSA) is 37.3 Å². The first-order chi connectivity index (χ1) is 8.02. The van der Waals surface area contributed by atoms with E-state index in [9.17, 15) is 14.3 Å². The summed E-state index contributed by atoms with van der Waals surface area (Å²) in [5.41, 5.74) is -0.0567. The first-order valence-corrected chi connectivity index (χ1v) is 6.48. The van der Waals surface area contributed by atoms with Crippen molar-refractivity contribution in [3.63, 3.8) is 0 Å². The zero-order valence-corrected chi connectivity index (χ0v) is 11.5. The predicted octanol–water partition coefficient (Wildman–Crippen LogP) is 3.57. The largest absolute Gasteiger partial charge is 0.385 e. The molecule has 0 aliphatic rings. The highest BCUT2D eigenvalue weighted by Crippen LogP contribution is 2.23. The zero-order valence-electron chi connectivity index (χ0n) is 9.91. The van der Waals surface area contributed by atoms with Gasteiger partial charge >= 0.3 is 0 Å². The van der Waals surface area contributed by atoms with E-state index in [-0.39, 0.29) is 16.0 Å². The highest BCUT2D eigenvalue weighted by Gasteiger charge is 2.26. The molecule has 1 aromatic rings. The van der Waals surface area contributed by atoms with Crippen LogP contribution in [0.2, 0.25) is 0 Å². The van der Waals surface area contributed by atoms with Crippen molar-refractivity contribution < 1.29 is 14.3 Å². The molecule has 0 bridgehead atoms. The molecule has 1 rings (SSSR count). The number of aliphatic hydroxyl groups excluding tert-OH is 1. The molecule has 0 saturated carbocycles. The molecule has 0 fully saturated rings. The van der Waals surface area contributed by atoms with E-state index in [1.54, 1.807) is 6.07 Å². The second-order valence-electron chi connectivity index (χ2n) is 3.99. The van der Waals surface area contributed by atoms with Crippen LogP contribution in [0.3, 0.4) is 0 Å². The second-order valence-corrected chi connectivity index (χ2v) is 4.84. The van der Waals surface area contributed by atoms with E-state index < -0.39 is 17.7 Å². The summed E-state index contributed by atoms with van der Waals surface area (Å²) < 4.78 is 13.9. The first-order valence-electron chi connectivity index (χ1n) is 5.69. The molecule has 17 heavy (non-hydrogen) atoms.